The van der Waals surface area contributed by atoms with Gasteiger partial charge in [-0.05, 0) is 63.7 Å². The largest absolute Gasteiger partial charge is 0.377 e. The second kappa shape index (κ2) is 8.25. The van der Waals surface area contributed by atoms with Crippen molar-refractivity contribution in [3.63, 3.8) is 0 Å². The van der Waals surface area contributed by atoms with Crippen molar-refractivity contribution in [3.8, 4) is 0 Å². The first-order valence-electron chi connectivity index (χ1n) is 7.16. The molecule has 0 bridgehead atoms. The number of rotatable bonds is 6. The number of hydrogen-bond donors (Lipinski definition) is 1. The Balaban J connectivity index is 2.03. The normalized spacial score (nSPS) is 22.1. The summed E-state index contributed by atoms with van der Waals surface area (Å²) in [6, 6.07) is 2.48. The van der Waals surface area contributed by atoms with E-state index in [1.807, 2.05) is 0 Å². The molecule has 3 nitrogen and oxygen atoms in total. The van der Waals surface area contributed by atoms with E-state index in [0.29, 0.717) is 18.7 Å². The summed E-state index contributed by atoms with van der Waals surface area (Å²) in [5.41, 5.74) is 6.03. The zero-order valence-corrected chi connectivity index (χ0v) is 15.8. The number of halogens is 2. The maximum atomic E-state index is 6.03. The van der Waals surface area contributed by atoms with Gasteiger partial charge < -0.3 is 10.5 Å². The highest BCUT2D eigenvalue weighted by molar-refractivity contribution is 9.13. The molecule has 0 saturated carbocycles. The lowest BCUT2D eigenvalue weighted by Crippen LogP contribution is -2.43. The molecule has 1 aromatic heterocycles. The van der Waals surface area contributed by atoms with E-state index in [2.05, 4.69) is 49.7 Å². The third-order valence-corrected chi connectivity index (χ3v) is 6.98. The highest BCUT2D eigenvalue weighted by atomic mass is 79.9. The van der Waals surface area contributed by atoms with Gasteiger partial charge in [-0.25, -0.2) is 0 Å². The van der Waals surface area contributed by atoms with Crippen molar-refractivity contribution < 1.29 is 4.74 Å². The maximum Gasteiger partial charge on any atom is 0.0843 e. The topological polar surface area (TPSA) is 38.5 Å². The van der Waals surface area contributed by atoms with Crippen LogP contribution >= 0.6 is 43.2 Å². The molecule has 1 aliphatic rings. The monoisotopic (exact) mass is 424 g/mol. The number of nitrogens with zero attached hydrogens (tertiary/aromatic N) is 1. The molecule has 0 radical (unpaired) electrons. The fraction of sp³-hybridized carbons (Fsp3) is 0.714. The summed E-state index contributed by atoms with van der Waals surface area (Å²) in [7, 11) is 0. The Morgan fingerprint density at radius 3 is 2.95 bits per heavy atom. The molecular weight excluding hydrogens is 404 g/mol. The number of likely N-dealkylation sites (tertiary alicyclic amines) is 1. The lowest BCUT2D eigenvalue weighted by atomic mass is 10.0. The van der Waals surface area contributed by atoms with Crippen molar-refractivity contribution in [2.75, 3.05) is 26.2 Å². The van der Waals surface area contributed by atoms with Crippen LogP contribution in [0.2, 0.25) is 0 Å². The van der Waals surface area contributed by atoms with E-state index in [0.717, 1.165) is 34.4 Å². The van der Waals surface area contributed by atoms with Gasteiger partial charge in [0.2, 0.25) is 0 Å². The van der Waals surface area contributed by atoms with E-state index >= 15 is 0 Å². The van der Waals surface area contributed by atoms with Crippen LogP contribution in [0.3, 0.4) is 0 Å². The molecule has 2 N–H and O–H groups in total. The minimum absolute atomic E-state index is 0.302. The predicted octanol–water partition coefficient (Wildman–Crippen LogP) is 4.16. The Hall–Kier alpha value is 0.540. The summed E-state index contributed by atoms with van der Waals surface area (Å²) < 4.78 is 8.18. The van der Waals surface area contributed by atoms with E-state index in [4.69, 9.17) is 10.5 Å². The average molecular weight is 426 g/mol. The van der Waals surface area contributed by atoms with Gasteiger partial charge in [-0.1, -0.05) is 6.92 Å². The van der Waals surface area contributed by atoms with Crippen molar-refractivity contribution in [1.29, 1.82) is 0 Å². The fourth-order valence-corrected chi connectivity index (χ4v) is 4.88. The van der Waals surface area contributed by atoms with E-state index in [-0.39, 0.29) is 0 Å². The van der Waals surface area contributed by atoms with E-state index < -0.39 is 0 Å². The number of nitrogens with two attached hydrogens (primary N) is 1. The molecule has 20 heavy (non-hydrogen) atoms. The van der Waals surface area contributed by atoms with Crippen LogP contribution in [0.4, 0.5) is 0 Å². The molecule has 1 fully saturated rings. The number of piperidine rings is 1. The molecule has 6 heteroatoms. The zero-order chi connectivity index (χ0) is 14.5. The first kappa shape index (κ1) is 16.9. The van der Waals surface area contributed by atoms with Crippen LogP contribution in [0.25, 0.3) is 0 Å². The quantitative estimate of drug-likeness (QED) is 0.743. The van der Waals surface area contributed by atoms with Gasteiger partial charge in [-0.2, -0.15) is 0 Å². The molecule has 1 saturated heterocycles. The molecule has 114 valence electrons. The fourth-order valence-electron chi connectivity index (χ4n) is 2.64. The van der Waals surface area contributed by atoms with Crippen LogP contribution in [-0.2, 0) is 4.74 Å². The molecule has 0 amide bonds. The third kappa shape index (κ3) is 4.27. The maximum absolute atomic E-state index is 6.03. The molecule has 0 aromatic carbocycles. The van der Waals surface area contributed by atoms with Crippen LogP contribution in [0.15, 0.2) is 14.3 Å². The predicted molar refractivity (Wildman–Crippen MR) is 92.4 cm³/mol. The van der Waals surface area contributed by atoms with Crippen LogP contribution in [0.1, 0.15) is 37.1 Å². The first-order chi connectivity index (χ1) is 9.65. The lowest BCUT2D eigenvalue weighted by molar-refractivity contribution is -0.0114. The first-order valence-corrected chi connectivity index (χ1v) is 9.56. The Morgan fingerprint density at radius 2 is 2.35 bits per heavy atom. The molecule has 1 aromatic rings. The number of ether oxygens (including phenoxy) is 1. The van der Waals surface area contributed by atoms with Gasteiger partial charge >= 0.3 is 0 Å². The Kier molecular flexibility index (Phi) is 6.97. The molecule has 2 unspecified atom stereocenters. The van der Waals surface area contributed by atoms with Gasteiger partial charge in [0.05, 0.1) is 15.9 Å². The van der Waals surface area contributed by atoms with Gasteiger partial charge in [-0.3, -0.25) is 4.90 Å². The lowest BCUT2D eigenvalue weighted by Gasteiger charge is -2.37. The summed E-state index contributed by atoms with van der Waals surface area (Å²) in [4.78, 5) is 3.80. The molecule has 1 aliphatic heterocycles. The Labute approximate surface area is 142 Å². The standard InChI is InChI=1S/C14H22Br2N2OS/c1-2-6-19-10-4-3-5-18(9-10)12(8-17)13-7-11(15)14(16)20-13/h7,10,12H,2-6,8-9,17H2,1H3. The van der Waals surface area contributed by atoms with Crippen molar-refractivity contribution in [2.24, 2.45) is 5.73 Å². The number of hydrogen-bond acceptors (Lipinski definition) is 4. The molecule has 2 heterocycles. The van der Waals surface area contributed by atoms with E-state index in [1.165, 1.54) is 17.7 Å². The van der Waals surface area contributed by atoms with Gasteiger partial charge in [-0.15, -0.1) is 11.3 Å². The smallest absolute Gasteiger partial charge is 0.0843 e. The van der Waals surface area contributed by atoms with Gasteiger partial charge in [0.1, 0.15) is 0 Å². The van der Waals surface area contributed by atoms with E-state index in [1.54, 1.807) is 11.3 Å². The highest BCUT2D eigenvalue weighted by Gasteiger charge is 2.27. The molecule has 0 spiro atoms. The van der Waals surface area contributed by atoms with Crippen LogP contribution in [0, 0.1) is 0 Å². The van der Waals surface area contributed by atoms with Gasteiger partial charge in [0, 0.05) is 29.0 Å². The van der Waals surface area contributed by atoms with Crippen molar-refractivity contribution in [3.05, 3.63) is 19.2 Å². The van der Waals surface area contributed by atoms with Crippen LogP contribution in [-0.4, -0.2) is 37.2 Å². The highest BCUT2D eigenvalue weighted by Crippen LogP contribution is 2.37. The summed E-state index contributed by atoms with van der Waals surface area (Å²) in [5, 5.41) is 0. The molecular formula is C14H22Br2N2OS. The average Bonchev–Trinajstić information content (AvgIpc) is 2.77. The minimum Gasteiger partial charge on any atom is -0.377 e. The third-order valence-electron chi connectivity index (χ3n) is 3.62. The Morgan fingerprint density at radius 1 is 1.55 bits per heavy atom. The molecule has 0 aliphatic carbocycles. The van der Waals surface area contributed by atoms with Crippen LogP contribution < -0.4 is 5.73 Å². The van der Waals surface area contributed by atoms with Crippen molar-refractivity contribution in [2.45, 2.75) is 38.3 Å². The van der Waals surface area contributed by atoms with Gasteiger partial charge in [0.15, 0.2) is 0 Å². The summed E-state index contributed by atoms with van der Waals surface area (Å²) in [6.45, 7) is 5.78. The molecule has 2 atom stereocenters. The summed E-state index contributed by atoms with van der Waals surface area (Å²) >= 11 is 8.90. The second-order valence-corrected chi connectivity index (χ2v) is 8.41. The zero-order valence-electron chi connectivity index (χ0n) is 11.8. The SMILES string of the molecule is CCCOC1CCCN(C(CN)c2cc(Br)c(Br)s2)C1. The number of thiophene rings is 1. The Bertz CT molecular complexity index is 408. The van der Waals surface area contributed by atoms with Crippen molar-refractivity contribution >= 4 is 43.2 Å². The summed E-state index contributed by atoms with van der Waals surface area (Å²) in [6.07, 6.45) is 3.82. The van der Waals surface area contributed by atoms with Crippen molar-refractivity contribution in [1.82, 2.24) is 4.90 Å². The molecule has 2 rings (SSSR count). The van der Waals surface area contributed by atoms with Gasteiger partial charge in [0.25, 0.3) is 0 Å². The van der Waals surface area contributed by atoms with E-state index in [9.17, 15) is 0 Å². The summed E-state index contributed by atoms with van der Waals surface area (Å²) in [5.74, 6) is 0. The minimum atomic E-state index is 0.302. The second-order valence-electron chi connectivity index (χ2n) is 5.15. The van der Waals surface area contributed by atoms with Crippen LogP contribution in [0.5, 0.6) is 0 Å².